The fourth-order valence-corrected chi connectivity index (χ4v) is 5.36. The van der Waals surface area contributed by atoms with E-state index in [1.807, 2.05) is 31.4 Å². The summed E-state index contributed by atoms with van der Waals surface area (Å²) < 4.78 is 46.3. The highest BCUT2D eigenvalue weighted by Gasteiger charge is 2.26. The molecule has 1 amide bonds. The summed E-state index contributed by atoms with van der Waals surface area (Å²) in [6.45, 7) is 7.90. The fraction of sp³-hybridized carbons (Fsp3) is 0.364. The number of thiol groups is 1. The lowest BCUT2D eigenvalue weighted by atomic mass is 10.0. The van der Waals surface area contributed by atoms with Crippen LogP contribution >= 0.6 is 11.3 Å². The molecule has 0 saturated carbocycles. The number of amides is 1. The second kappa shape index (κ2) is 10.3. The van der Waals surface area contributed by atoms with Crippen LogP contribution in [0.1, 0.15) is 37.0 Å². The van der Waals surface area contributed by atoms with Crippen molar-refractivity contribution in [2.24, 2.45) is 5.92 Å². The van der Waals surface area contributed by atoms with Crippen LogP contribution in [0.4, 0.5) is 14.2 Å². The van der Waals surface area contributed by atoms with Gasteiger partial charge in [-0.15, -0.1) is 11.3 Å². The van der Waals surface area contributed by atoms with Gasteiger partial charge in [-0.2, -0.15) is 4.31 Å². The first kappa shape index (κ1) is 23.9. The average Bonchev–Trinajstić information content (AvgIpc) is 3.29. The van der Waals surface area contributed by atoms with E-state index in [2.05, 4.69) is 4.98 Å². The molecule has 0 aliphatic carbocycles. The molecule has 3 rings (SSSR count). The van der Waals surface area contributed by atoms with Gasteiger partial charge in [0.2, 0.25) is 10.9 Å². The highest BCUT2D eigenvalue weighted by atomic mass is 32.2. The number of nitrogens with zero attached hydrogens (tertiary/aromatic N) is 3. The first-order valence-electron chi connectivity index (χ1n) is 10.2. The SMILES string of the molecule is CCOC(=O)N(c1sc(CC(C)C)cc1-c1ccc(Cn2ccnc2C)c(F)c1)[SH](=O)=O. The zero-order valence-electron chi connectivity index (χ0n) is 18.4. The van der Waals surface area contributed by atoms with Crippen molar-refractivity contribution in [2.45, 2.75) is 40.7 Å². The zero-order chi connectivity index (χ0) is 23.4. The van der Waals surface area contributed by atoms with Crippen molar-refractivity contribution >= 4 is 33.3 Å². The minimum atomic E-state index is -3.29. The lowest BCUT2D eigenvalue weighted by Crippen LogP contribution is -2.29. The number of aryl methyl sites for hydroxylation is 1. The van der Waals surface area contributed by atoms with Gasteiger partial charge in [0.25, 0.3) is 0 Å². The summed E-state index contributed by atoms with van der Waals surface area (Å²) in [7, 11) is -3.29. The normalized spacial score (nSPS) is 11.3. The van der Waals surface area contributed by atoms with Crippen molar-refractivity contribution in [2.75, 3.05) is 10.9 Å². The van der Waals surface area contributed by atoms with E-state index < -0.39 is 22.8 Å². The maximum atomic E-state index is 15.0. The Labute approximate surface area is 192 Å². The first-order valence-corrected chi connectivity index (χ1v) is 12.2. The molecule has 2 aromatic heterocycles. The lowest BCUT2D eigenvalue weighted by Gasteiger charge is -2.15. The van der Waals surface area contributed by atoms with Crippen LogP contribution in [0.15, 0.2) is 36.7 Å². The van der Waals surface area contributed by atoms with Gasteiger partial charge in [-0.1, -0.05) is 26.0 Å². The van der Waals surface area contributed by atoms with E-state index in [0.29, 0.717) is 39.9 Å². The summed E-state index contributed by atoms with van der Waals surface area (Å²) >= 11 is 1.20. The average molecular weight is 480 g/mol. The summed E-state index contributed by atoms with van der Waals surface area (Å²) in [4.78, 5) is 17.4. The number of anilines is 1. The summed E-state index contributed by atoms with van der Waals surface area (Å²) in [6.07, 6.45) is 3.16. The topological polar surface area (TPSA) is 81.5 Å². The van der Waals surface area contributed by atoms with E-state index in [4.69, 9.17) is 4.74 Å². The molecule has 10 heteroatoms. The van der Waals surface area contributed by atoms with E-state index >= 15 is 0 Å². The third-order valence-corrected chi connectivity index (χ3v) is 6.77. The molecule has 0 aliphatic heterocycles. The standard InChI is InChI=1S/C22H26FN3O4S2/c1-5-30-22(27)26(32(28)29)21-19(12-18(31-21)10-14(2)3)16-6-7-17(20(23)11-16)13-25-9-8-24-15(25)4/h6-9,11-12,14,32H,5,10,13H2,1-4H3. The molecule has 32 heavy (non-hydrogen) atoms. The van der Waals surface area contributed by atoms with Crippen LogP contribution in [-0.2, 0) is 28.6 Å². The van der Waals surface area contributed by atoms with Crippen LogP contribution in [0.3, 0.4) is 0 Å². The molecule has 0 radical (unpaired) electrons. The Bertz CT molecular complexity index is 1180. The van der Waals surface area contributed by atoms with Crippen LogP contribution in [0.5, 0.6) is 0 Å². The molecule has 2 heterocycles. The summed E-state index contributed by atoms with van der Waals surface area (Å²) in [5.74, 6) is 0.674. The number of carbonyl (C=O) groups is 1. The van der Waals surface area contributed by atoms with Crippen LogP contribution in [0.2, 0.25) is 0 Å². The second-order valence-corrected chi connectivity index (χ2v) is 9.68. The van der Waals surface area contributed by atoms with Gasteiger partial charge in [0.15, 0.2) is 0 Å². The Kier molecular flexibility index (Phi) is 7.68. The number of halogens is 1. The van der Waals surface area contributed by atoms with Gasteiger partial charge < -0.3 is 9.30 Å². The highest BCUT2D eigenvalue weighted by Crippen LogP contribution is 2.41. The smallest absolute Gasteiger partial charge is 0.428 e. The van der Waals surface area contributed by atoms with Gasteiger partial charge in [0.1, 0.15) is 16.6 Å². The van der Waals surface area contributed by atoms with Crippen LogP contribution in [-0.4, -0.2) is 30.7 Å². The number of benzene rings is 1. The van der Waals surface area contributed by atoms with Crippen molar-refractivity contribution in [3.05, 3.63) is 58.7 Å². The lowest BCUT2D eigenvalue weighted by molar-refractivity contribution is 0.164. The second-order valence-electron chi connectivity index (χ2n) is 7.69. The number of thiophene rings is 1. The molecule has 0 aliphatic rings. The number of hydrogen-bond acceptors (Lipinski definition) is 6. The number of imidazole rings is 1. The third-order valence-electron chi connectivity index (χ3n) is 4.80. The van der Waals surface area contributed by atoms with Crippen molar-refractivity contribution in [1.29, 1.82) is 0 Å². The van der Waals surface area contributed by atoms with Gasteiger partial charge >= 0.3 is 6.09 Å². The molecular weight excluding hydrogens is 453 g/mol. The van der Waals surface area contributed by atoms with E-state index in [-0.39, 0.29) is 11.6 Å². The molecule has 0 atom stereocenters. The van der Waals surface area contributed by atoms with Crippen molar-refractivity contribution in [1.82, 2.24) is 9.55 Å². The molecule has 0 saturated heterocycles. The number of aromatic nitrogens is 2. The maximum Gasteiger partial charge on any atom is 0.428 e. The van der Waals surface area contributed by atoms with E-state index in [0.717, 1.165) is 10.7 Å². The Balaban J connectivity index is 2.05. The monoisotopic (exact) mass is 479 g/mol. The number of ether oxygens (including phenoxy) is 1. The molecule has 0 unspecified atom stereocenters. The first-order chi connectivity index (χ1) is 15.2. The van der Waals surface area contributed by atoms with E-state index in [1.54, 1.807) is 31.5 Å². The molecule has 7 nitrogen and oxygen atoms in total. The van der Waals surface area contributed by atoms with Crippen LogP contribution in [0.25, 0.3) is 11.1 Å². The Morgan fingerprint density at radius 1 is 1.31 bits per heavy atom. The Hall–Kier alpha value is -2.72. The van der Waals surface area contributed by atoms with E-state index in [9.17, 15) is 17.6 Å². The van der Waals surface area contributed by atoms with Crippen LogP contribution < -0.4 is 4.31 Å². The summed E-state index contributed by atoms with van der Waals surface area (Å²) in [5, 5.41) is 0.202. The molecule has 1 aromatic carbocycles. The molecule has 0 spiro atoms. The zero-order valence-corrected chi connectivity index (χ0v) is 20.1. The Morgan fingerprint density at radius 2 is 2.06 bits per heavy atom. The number of carbonyl (C=O) groups excluding carboxylic acids is 1. The third kappa shape index (κ3) is 5.36. The van der Waals surface area contributed by atoms with Gasteiger partial charge in [-0.3, -0.25) is 0 Å². The van der Waals surface area contributed by atoms with Crippen molar-refractivity contribution < 1.29 is 22.3 Å². The summed E-state index contributed by atoms with van der Waals surface area (Å²) in [6, 6.07) is 6.59. The number of hydrogen-bond donors (Lipinski definition) is 1. The van der Waals surface area contributed by atoms with Crippen LogP contribution in [0, 0.1) is 18.7 Å². The molecule has 0 fully saturated rings. The molecular formula is C22H26FN3O4S2. The highest BCUT2D eigenvalue weighted by molar-refractivity contribution is 7.75. The van der Waals surface area contributed by atoms with Crippen molar-refractivity contribution in [3.63, 3.8) is 0 Å². The van der Waals surface area contributed by atoms with Crippen molar-refractivity contribution in [3.8, 4) is 11.1 Å². The minimum absolute atomic E-state index is 0.0368. The van der Waals surface area contributed by atoms with E-state index in [1.165, 1.54) is 17.4 Å². The van der Waals surface area contributed by atoms with Gasteiger partial charge in [-0.05, 0) is 43.9 Å². The predicted molar refractivity (Wildman–Crippen MR) is 124 cm³/mol. The predicted octanol–water partition coefficient (Wildman–Crippen LogP) is 4.80. The largest absolute Gasteiger partial charge is 0.449 e. The maximum absolute atomic E-state index is 15.0. The number of rotatable bonds is 8. The molecule has 172 valence electrons. The quantitative estimate of drug-likeness (QED) is 0.470. The van der Waals surface area contributed by atoms with Gasteiger partial charge in [0, 0.05) is 28.4 Å². The fourth-order valence-electron chi connectivity index (χ4n) is 3.30. The summed E-state index contributed by atoms with van der Waals surface area (Å²) in [5.41, 5.74) is 1.44. The van der Waals surface area contributed by atoms with Gasteiger partial charge in [0.05, 0.1) is 13.2 Å². The molecule has 0 bridgehead atoms. The Morgan fingerprint density at radius 3 is 2.62 bits per heavy atom. The molecule has 3 aromatic rings. The molecule has 0 N–H and O–H groups in total. The van der Waals surface area contributed by atoms with Gasteiger partial charge in [-0.25, -0.2) is 22.6 Å². The minimum Gasteiger partial charge on any atom is -0.449 e.